The van der Waals surface area contributed by atoms with Crippen molar-refractivity contribution in [2.45, 2.75) is 90.9 Å². The molecule has 2 heterocycles. The summed E-state index contributed by atoms with van der Waals surface area (Å²) in [4.78, 5) is 5.73. The molecule has 0 amide bonds. The van der Waals surface area contributed by atoms with Crippen molar-refractivity contribution in [3.05, 3.63) is 0 Å². The molecule has 2 bridgehead atoms. The number of rotatable bonds is 10. The van der Waals surface area contributed by atoms with E-state index in [0.717, 1.165) is 17.3 Å². The third-order valence-corrected chi connectivity index (χ3v) is 7.73. The van der Waals surface area contributed by atoms with Crippen LogP contribution in [0.1, 0.15) is 90.9 Å². The van der Waals surface area contributed by atoms with Crippen LogP contribution in [0.3, 0.4) is 0 Å². The standard InChI is InChI=1S/C23H44N2/c1-3-5-7-11-15-24-17-21-19-25(16-12-8-6-4-2)20-22(18-24)23(21)13-9-10-14-23/h21-22H,3-20H2,1-2H3. The van der Waals surface area contributed by atoms with Gasteiger partial charge in [0.1, 0.15) is 0 Å². The van der Waals surface area contributed by atoms with Gasteiger partial charge in [-0.3, -0.25) is 0 Å². The lowest BCUT2D eigenvalue weighted by Gasteiger charge is -2.57. The Morgan fingerprint density at radius 3 is 1.48 bits per heavy atom. The largest absolute Gasteiger partial charge is 0.303 e. The second kappa shape index (κ2) is 9.74. The highest BCUT2D eigenvalue weighted by Crippen LogP contribution is 2.55. The fourth-order valence-electron chi connectivity index (χ4n) is 6.31. The number of hydrogen-bond acceptors (Lipinski definition) is 2. The first kappa shape index (κ1) is 19.7. The molecular formula is C23H44N2. The van der Waals surface area contributed by atoms with Crippen LogP contribution >= 0.6 is 0 Å². The lowest BCUT2D eigenvalue weighted by Crippen LogP contribution is -2.62. The minimum Gasteiger partial charge on any atom is -0.303 e. The average Bonchev–Trinajstić information content (AvgIpc) is 3.07. The molecule has 2 nitrogen and oxygen atoms in total. The zero-order valence-corrected chi connectivity index (χ0v) is 17.3. The number of hydrogen-bond donors (Lipinski definition) is 0. The first-order valence-electron chi connectivity index (χ1n) is 11.7. The Labute approximate surface area is 157 Å². The van der Waals surface area contributed by atoms with E-state index in [4.69, 9.17) is 0 Å². The quantitative estimate of drug-likeness (QED) is 0.476. The molecule has 2 heteroatoms. The molecule has 0 atom stereocenters. The van der Waals surface area contributed by atoms with E-state index in [1.165, 1.54) is 103 Å². The summed E-state index contributed by atoms with van der Waals surface area (Å²) in [6.07, 6.45) is 17.5. The van der Waals surface area contributed by atoms with Crippen LogP contribution in [0.2, 0.25) is 0 Å². The molecule has 0 radical (unpaired) electrons. The number of nitrogens with zero attached hydrogens (tertiary/aromatic N) is 2. The van der Waals surface area contributed by atoms with Crippen LogP contribution in [0, 0.1) is 17.3 Å². The molecule has 1 saturated carbocycles. The highest BCUT2D eigenvalue weighted by molar-refractivity contribution is 5.05. The summed E-state index contributed by atoms with van der Waals surface area (Å²) in [7, 11) is 0. The summed E-state index contributed by atoms with van der Waals surface area (Å²) in [6, 6.07) is 0. The highest BCUT2D eigenvalue weighted by atomic mass is 15.2. The van der Waals surface area contributed by atoms with Crippen LogP contribution in [-0.4, -0.2) is 49.1 Å². The smallest absolute Gasteiger partial charge is 0.00275 e. The zero-order chi connectivity index (χ0) is 17.5. The van der Waals surface area contributed by atoms with Crippen molar-refractivity contribution in [3.63, 3.8) is 0 Å². The van der Waals surface area contributed by atoms with Gasteiger partial charge in [0, 0.05) is 26.2 Å². The van der Waals surface area contributed by atoms with Crippen molar-refractivity contribution in [1.82, 2.24) is 9.80 Å². The van der Waals surface area contributed by atoms with E-state index in [1.54, 1.807) is 12.8 Å². The van der Waals surface area contributed by atoms with E-state index >= 15 is 0 Å². The van der Waals surface area contributed by atoms with Gasteiger partial charge in [0.15, 0.2) is 0 Å². The monoisotopic (exact) mass is 348 g/mol. The predicted molar refractivity (Wildman–Crippen MR) is 109 cm³/mol. The Morgan fingerprint density at radius 2 is 1.08 bits per heavy atom. The van der Waals surface area contributed by atoms with Crippen molar-refractivity contribution < 1.29 is 0 Å². The molecule has 0 aromatic rings. The molecule has 3 aliphatic rings. The maximum Gasteiger partial charge on any atom is 0.00275 e. The SMILES string of the molecule is CCCCCCN1CC2CN(CCCCCC)CC(C1)C21CCCC1. The Bertz CT molecular complexity index is 332. The average molecular weight is 349 g/mol. The van der Waals surface area contributed by atoms with E-state index in [2.05, 4.69) is 23.6 Å². The molecule has 1 spiro atoms. The normalized spacial score (nSPS) is 29.5. The molecular weight excluding hydrogens is 304 g/mol. The molecule has 0 N–H and O–H groups in total. The topological polar surface area (TPSA) is 6.48 Å². The molecule has 0 unspecified atom stereocenters. The summed E-state index contributed by atoms with van der Waals surface area (Å²) < 4.78 is 0. The summed E-state index contributed by atoms with van der Waals surface area (Å²) >= 11 is 0. The Hall–Kier alpha value is -0.0800. The molecule has 0 aromatic heterocycles. The van der Waals surface area contributed by atoms with Crippen LogP contribution in [0.15, 0.2) is 0 Å². The van der Waals surface area contributed by atoms with Crippen LogP contribution in [0.25, 0.3) is 0 Å². The first-order valence-corrected chi connectivity index (χ1v) is 11.7. The lowest BCUT2D eigenvalue weighted by molar-refractivity contribution is -0.0889. The van der Waals surface area contributed by atoms with Gasteiger partial charge < -0.3 is 9.80 Å². The van der Waals surface area contributed by atoms with Gasteiger partial charge in [0.2, 0.25) is 0 Å². The Balaban J connectivity index is 1.53. The summed E-state index contributed by atoms with van der Waals surface area (Å²) in [6.45, 7) is 13.0. The minimum atomic E-state index is 0.750. The third-order valence-electron chi connectivity index (χ3n) is 7.73. The van der Waals surface area contributed by atoms with Gasteiger partial charge >= 0.3 is 0 Å². The summed E-state index contributed by atoms with van der Waals surface area (Å²) in [5, 5.41) is 0. The van der Waals surface area contributed by atoms with Gasteiger partial charge in [0.25, 0.3) is 0 Å². The lowest BCUT2D eigenvalue weighted by atomic mass is 9.60. The fourth-order valence-corrected chi connectivity index (χ4v) is 6.31. The number of piperidine rings is 2. The van der Waals surface area contributed by atoms with Crippen molar-refractivity contribution in [2.75, 3.05) is 39.3 Å². The zero-order valence-electron chi connectivity index (χ0n) is 17.3. The van der Waals surface area contributed by atoms with Gasteiger partial charge in [0.05, 0.1) is 0 Å². The maximum absolute atomic E-state index is 2.86. The first-order chi connectivity index (χ1) is 12.3. The van der Waals surface area contributed by atoms with E-state index in [9.17, 15) is 0 Å². The van der Waals surface area contributed by atoms with E-state index in [-0.39, 0.29) is 0 Å². The minimum absolute atomic E-state index is 0.750. The molecule has 146 valence electrons. The summed E-state index contributed by atoms with van der Waals surface area (Å²) in [5.74, 6) is 1.94. The van der Waals surface area contributed by atoms with Crippen molar-refractivity contribution >= 4 is 0 Å². The second-order valence-electron chi connectivity index (χ2n) is 9.47. The fraction of sp³-hybridized carbons (Fsp3) is 1.00. The van der Waals surface area contributed by atoms with Gasteiger partial charge in [-0.2, -0.15) is 0 Å². The van der Waals surface area contributed by atoms with Crippen LogP contribution in [0.4, 0.5) is 0 Å². The van der Waals surface area contributed by atoms with Gasteiger partial charge in [-0.05, 0) is 56.0 Å². The predicted octanol–water partition coefficient (Wildman–Crippen LogP) is 5.57. The van der Waals surface area contributed by atoms with E-state index in [1.807, 2.05) is 0 Å². The second-order valence-corrected chi connectivity index (χ2v) is 9.47. The van der Waals surface area contributed by atoms with Crippen molar-refractivity contribution in [2.24, 2.45) is 17.3 Å². The molecule has 1 aliphatic carbocycles. The van der Waals surface area contributed by atoms with E-state index in [0.29, 0.717) is 0 Å². The molecule has 25 heavy (non-hydrogen) atoms. The third kappa shape index (κ3) is 4.80. The van der Waals surface area contributed by atoms with Gasteiger partial charge in [-0.1, -0.05) is 65.2 Å². The molecule has 2 saturated heterocycles. The molecule has 3 fully saturated rings. The van der Waals surface area contributed by atoms with Crippen LogP contribution in [-0.2, 0) is 0 Å². The number of likely N-dealkylation sites (tertiary alicyclic amines) is 2. The highest BCUT2D eigenvalue weighted by Gasteiger charge is 2.53. The molecule has 0 aromatic carbocycles. The molecule has 3 rings (SSSR count). The Morgan fingerprint density at radius 1 is 0.640 bits per heavy atom. The van der Waals surface area contributed by atoms with Crippen molar-refractivity contribution in [1.29, 1.82) is 0 Å². The summed E-state index contributed by atoms with van der Waals surface area (Å²) in [5.41, 5.74) is 0.750. The van der Waals surface area contributed by atoms with Crippen LogP contribution in [0.5, 0.6) is 0 Å². The molecule has 2 aliphatic heterocycles. The van der Waals surface area contributed by atoms with Gasteiger partial charge in [-0.25, -0.2) is 0 Å². The van der Waals surface area contributed by atoms with E-state index < -0.39 is 0 Å². The van der Waals surface area contributed by atoms with Crippen molar-refractivity contribution in [3.8, 4) is 0 Å². The van der Waals surface area contributed by atoms with Gasteiger partial charge in [-0.15, -0.1) is 0 Å². The van der Waals surface area contributed by atoms with Crippen LogP contribution < -0.4 is 0 Å². The Kier molecular flexibility index (Phi) is 7.66. The number of unbranched alkanes of at least 4 members (excludes halogenated alkanes) is 6. The maximum atomic E-state index is 2.86.